The standard InChI is InChI=1S/C59H48S/c1-2-10-40(11-3-1)41-19-21-42(22-20-41)45(29-37-18-27-58-54(34-37)53-15-7-9-17-57(53)60-58)35-43-23-25-49(50-13-5-4-12-48(43)50)44-24-26-52-51-14-6-8-16-55(51)59(56(52)36-44)46-30-38-28-39(32-46)33-47(59)31-38/h1-27,34,36,38-39,45-47H,28-33,35H2/t38?,39?,45-,46?,47?,59?/m1/s1. The molecule has 14 rings (SSSR count). The molecule has 0 aliphatic heterocycles. The van der Waals surface area contributed by atoms with E-state index >= 15 is 0 Å². The fourth-order valence-corrected chi connectivity index (χ4v) is 14.5. The van der Waals surface area contributed by atoms with E-state index in [9.17, 15) is 0 Å². The summed E-state index contributed by atoms with van der Waals surface area (Å²) in [6, 6.07) is 67.6. The first kappa shape index (κ1) is 35.0. The van der Waals surface area contributed by atoms with E-state index in [-0.39, 0.29) is 5.41 Å². The van der Waals surface area contributed by atoms with Crippen molar-refractivity contribution in [2.24, 2.45) is 23.7 Å². The van der Waals surface area contributed by atoms with Gasteiger partial charge in [-0.2, -0.15) is 0 Å². The van der Waals surface area contributed by atoms with E-state index in [0.29, 0.717) is 5.92 Å². The van der Waals surface area contributed by atoms with Crippen LogP contribution in [0.2, 0.25) is 0 Å². The number of benzene rings is 8. The van der Waals surface area contributed by atoms with E-state index in [4.69, 9.17) is 0 Å². The molecule has 0 unspecified atom stereocenters. The minimum atomic E-state index is 0.173. The zero-order valence-corrected chi connectivity index (χ0v) is 34.8. The Morgan fingerprint density at radius 1 is 0.433 bits per heavy atom. The molecule has 4 saturated carbocycles. The fraction of sp³-hybridized carbons (Fsp3) is 0.220. The highest BCUT2D eigenvalue weighted by molar-refractivity contribution is 7.25. The largest absolute Gasteiger partial charge is 0.135 e. The molecule has 4 bridgehead atoms. The van der Waals surface area contributed by atoms with E-state index in [1.807, 2.05) is 11.3 Å². The lowest BCUT2D eigenvalue weighted by atomic mass is 9.43. The van der Waals surface area contributed by atoms with Crippen LogP contribution in [0.3, 0.4) is 0 Å². The SMILES string of the molecule is c1ccc(-c2ccc([C@H](Cc3ccc4sc5ccccc5c4c3)Cc3ccc(-c4ccc5c(c4)C4(c6ccccc6-5)C5CC6CC(C5)CC4C6)c4ccccc34)cc2)cc1. The van der Waals surface area contributed by atoms with Gasteiger partial charge >= 0.3 is 0 Å². The maximum atomic E-state index is 2.67. The predicted octanol–water partition coefficient (Wildman–Crippen LogP) is 15.8. The maximum Gasteiger partial charge on any atom is 0.0355 e. The molecule has 1 aromatic heterocycles. The second kappa shape index (κ2) is 13.6. The van der Waals surface area contributed by atoms with Crippen LogP contribution in [0.5, 0.6) is 0 Å². The van der Waals surface area contributed by atoms with Crippen LogP contribution in [0.4, 0.5) is 0 Å². The first-order valence-electron chi connectivity index (χ1n) is 22.5. The lowest BCUT2D eigenvalue weighted by molar-refractivity contribution is -0.0399. The van der Waals surface area contributed by atoms with Gasteiger partial charge in [0, 0.05) is 25.6 Å². The molecule has 1 heterocycles. The third-order valence-electron chi connectivity index (χ3n) is 15.8. The molecule has 0 radical (unpaired) electrons. The minimum Gasteiger partial charge on any atom is -0.135 e. The molecule has 0 amide bonds. The van der Waals surface area contributed by atoms with Crippen LogP contribution in [0.1, 0.15) is 65.8 Å². The normalized spacial score (nSPS) is 22.8. The van der Waals surface area contributed by atoms with Crippen LogP contribution in [-0.2, 0) is 18.3 Å². The number of rotatable bonds is 7. The molecule has 60 heavy (non-hydrogen) atoms. The van der Waals surface area contributed by atoms with Gasteiger partial charge in [-0.1, -0.05) is 152 Å². The highest BCUT2D eigenvalue weighted by Crippen LogP contribution is 2.69. The minimum absolute atomic E-state index is 0.173. The van der Waals surface area contributed by atoms with Crippen LogP contribution in [0.15, 0.2) is 176 Å². The van der Waals surface area contributed by atoms with Gasteiger partial charge in [-0.15, -0.1) is 11.3 Å². The van der Waals surface area contributed by atoms with Crippen LogP contribution >= 0.6 is 11.3 Å². The molecule has 0 N–H and O–H groups in total. The molecule has 1 heteroatoms. The number of fused-ring (bicyclic) bond motifs is 7. The van der Waals surface area contributed by atoms with Crippen molar-refractivity contribution in [2.45, 2.75) is 56.3 Å². The Labute approximate surface area is 357 Å². The summed E-state index contributed by atoms with van der Waals surface area (Å²) in [4.78, 5) is 0. The van der Waals surface area contributed by atoms with Crippen molar-refractivity contribution >= 4 is 42.3 Å². The second-order valence-electron chi connectivity index (χ2n) is 18.8. The fourth-order valence-electron chi connectivity index (χ4n) is 13.4. The smallest absolute Gasteiger partial charge is 0.0355 e. The topological polar surface area (TPSA) is 0 Å². The van der Waals surface area contributed by atoms with Gasteiger partial charge < -0.3 is 0 Å². The second-order valence-corrected chi connectivity index (χ2v) is 19.9. The Bertz CT molecular complexity index is 3080. The van der Waals surface area contributed by atoms with Crippen LogP contribution < -0.4 is 0 Å². The highest BCUT2D eigenvalue weighted by Gasteiger charge is 2.61. The summed E-state index contributed by atoms with van der Waals surface area (Å²) >= 11 is 1.90. The van der Waals surface area contributed by atoms with Crippen molar-refractivity contribution in [1.29, 1.82) is 0 Å². The molecular formula is C59H48S. The summed E-state index contributed by atoms with van der Waals surface area (Å²) in [6.07, 6.45) is 9.09. The Morgan fingerprint density at radius 3 is 1.88 bits per heavy atom. The molecule has 1 atom stereocenters. The van der Waals surface area contributed by atoms with Gasteiger partial charge in [0.1, 0.15) is 0 Å². The van der Waals surface area contributed by atoms with Gasteiger partial charge in [-0.05, 0) is 171 Å². The lowest BCUT2D eigenvalue weighted by Crippen LogP contribution is -2.55. The van der Waals surface area contributed by atoms with E-state index < -0.39 is 0 Å². The van der Waals surface area contributed by atoms with Crippen molar-refractivity contribution in [3.8, 4) is 33.4 Å². The molecule has 1 spiro atoms. The average Bonchev–Trinajstić information content (AvgIpc) is 3.81. The van der Waals surface area contributed by atoms with Crippen molar-refractivity contribution in [3.63, 3.8) is 0 Å². The maximum absolute atomic E-state index is 2.67. The molecular weight excluding hydrogens is 741 g/mol. The molecule has 290 valence electrons. The Morgan fingerprint density at radius 2 is 1.07 bits per heavy atom. The van der Waals surface area contributed by atoms with Gasteiger partial charge in [0.25, 0.3) is 0 Å². The summed E-state index contributed by atoms with van der Waals surface area (Å²) in [6.45, 7) is 0. The number of thiophene rings is 1. The average molecular weight is 789 g/mol. The Balaban J connectivity index is 0.901. The summed E-state index contributed by atoms with van der Waals surface area (Å²) in [5, 5.41) is 5.51. The number of hydrogen-bond acceptors (Lipinski definition) is 1. The summed E-state index contributed by atoms with van der Waals surface area (Å²) < 4.78 is 2.74. The molecule has 8 aromatic carbocycles. The van der Waals surface area contributed by atoms with Crippen LogP contribution in [0, 0.1) is 23.7 Å². The van der Waals surface area contributed by atoms with Gasteiger partial charge in [0.05, 0.1) is 0 Å². The molecule has 5 aliphatic carbocycles. The molecule has 0 saturated heterocycles. The van der Waals surface area contributed by atoms with Crippen molar-refractivity contribution in [1.82, 2.24) is 0 Å². The van der Waals surface area contributed by atoms with Gasteiger partial charge in [-0.3, -0.25) is 0 Å². The first-order chi connectivity index (χ1) is 29.7. The van der Waals surface area contributed by atoms with Crippen molar-refractivity contribution in [2.75, 3.05) is 0 Å². The zero-order valence-electron chi connectivity index (χ0n) is 34.0. The molecule has 9 aromatic rings. The van der Waals surface area contributed by atoms with E-state index in [2.05, 4.69) is 176 Å². The Hall–Kier alpha value is -5.76. The zero-order chi connectivity index (χ0) is 39.4. The monoisotopic (exact) mass is 788 g/mol. The van der Waals surface area contributed by atoms with Crippen molar-refractivity contribution < 1.29 is 0 Å². The summed E-state index contributed by atoms with van der Waals surface area (Å²) in [7, 11) is 0. The van der Waals surface area contributed by atoms with E-state index in [1.54, 1.807) is 11.1 Å². The molecule has 4 fully saturated rings. The van der Waals surface area contributed by atoms with Gasteiger partial charge in [-0.25, -0.2) is 0 Å². The van der Waals surface area contributed by atoms with Gasteiger partial charge in [0.15, 0.2) is 0 Å². The summed E-state index contributed by atoms with van der Waals surface area (Å²) in [5.74, 6) is 3.74. The predicted molar refractivity (Wildman–Crippen MR) is 254 cm³/mol. The highest BCUT2D eigenvalue weighted by atomic mass is 32.1. The number of hydrogen-bond donors (Lipinski definition) is 0. The van der Waals surface area contributed by atoms with E-state index in [1.165, 1.54) is 113 Å². The summed E-state index contributed by atoms with van der Waals surface area (Å²) in [5.41, 5.74) is 16.0. The van der Waals surface area contributed by atoms with Crippen molar-refractivity contribution in [3.05, 3.63) is 204 Å². The quantitative estimate of drug-likeness (QED) is 0.151. The molecule has 0 nitrogen and oxygen atoms in total. The molecule has 5 aliphatic rings. The third kappa shape index (κ3) is 5.34. The first-order valence-corrected chi connectivity index (χ1v) is 23.3. The Kier molecular flexibility index (Phi) is 7.96. The van der Waals surface area contributed by atoms with Gasteiger partial charge in [0.2, 0.25) is 0 Å². The lowest BCUT2D eigenvalue weighted by Gasteiger charge is -2.61. The van der Waals surface area contributed by atoms with Crippen LogP contribution in [-0.4, -0.2) is 0 Å². The van der Waals surface area contributed by atoms with E-state index in [0.717, 1.165) is 36.5 Å². The van der Waals surface area contributed by atoms with Crippen LogP contribution in [0.25, 0.3) is 64.3 Å². The third-order valence-corrected chi connectivity index (χ3v) is 16.9.